The molecule has 0 aromatic carbocycles. The Bertz CT molecular complexity index is 708. The summed E-state index contributed by atoms with van der Waals surface area (Å²) in [5.41, 5.74) is 1.49. The van der Waals surface area contributed by atoms with Crippen LogP contribution in [0.5, 0.6) is 0 Å². The number of nitrogens with one attached hydrogen (secondary N) is 1. The smallest absolute Gasteiger partial charge is 0.146 e. The summed E-state index contributed by atoms with van der Waals surface area (Å²) in [4.78, 5) is 14.8. The molecule has 1 atom stereocenters. The van der Waals surface area contributed by atoms with E-state index >= 15 is 0 Å². The Morgan fingerprint density at radius 1 is 1.30 bits per heavy atom. The van der Waals surface area contributed by atoms with Crippen molar-refractivity contribution in [2.24, 2.45) is 5.92 Å². The zero-order chi connectivity index (χ0) is 15.8. The minimum Gasteiger partial charge on any atom is -0.379 e. The number of rotatable bonds is 3. The highest BCUT2D eigenvalue weighted by molar-refractivity contribution is 7.19. The van der Waals surface area contributed by atoms with Crippen molar-refractivity contribution in [1.82, 2.24) is 14.9 Å². The van der Waals surface area contributed by atoms with E-state index in [0.717, 1.165) is 61.7 Å². The molecular formula is C17H24N4OS. The SMILES string of the molecule is CNc1nc(CN2CCOCC2)nc2sc3c(c12)CC[C@H](C)C3. The fourth-order valence-electron chi connectivity index (χ4n) is 3.60. The van der Waals surface area contributed by atoms with Gasteiger partial charge in [0.15, 0.2) is 0 Å². The van der Waals surface area contributed by atoms with Crippen LogP contribution in [-0.2, 0) is 24.1 Å². The van der Waals surface area contributed by atoms with E-state index < -0.39 is 0 Å². The molecule has 0 saturated carbocycles. The normalized spacial score (nSPS) is 22.3. The molecule has 6 heteroatoms. The number of ether oxygens (including phenoxy) is 1. The molecule has 1 aliphatic heterocycles. The lowest BCUT2D eigenvalue weighted by Crippen LogP contribution is -2.36. The Labute approximate surface area is 141 Å². The van der Waals surface area contributed by atoms with Crippen molar-refractivity contribution in [1.29, 1.82) is 0 Å². The predicted octanol–water partition coefficient (Wildman–Crippen LogP) is 2.69. The standard InChI is InChI=1S/C17H24N4OS/c1-11-3-4-12-13(9-11)23-17-15(12)16(18-2)19-14(20-17)10-21-5-7-22-8-6-21/h11H,3-10H2,1-2H3,(H,18,19,20)/t11-/m0/s1. The number of aromatic nitrogens is 2. The van der Waals surface area contributed by atoms with Crippen LogP contribution in [0.1, 0.15) is 29.6 Å². The highest BCUT2D eigenvalue weighted by Gasteiger charge is 2.24. The first-order chi connectivity index (χ1) is 11.2. The summed E-state index contributed by atoms with van der Waals surface area (Å²) < 4.78 is 5.42. The van der Waals surface area contributed by atoms with Crippen LogP contribution in [0.25, 0.3) is 10.2 Å². The number of aryl methyl sites for hydroxylation is 1. The van der Waals surface area contributed by atoms with Crippen molar-refractivity contribution in [3.05, 3.63) is 16.3 Å². The Balaban J connectivity index is 1.70. The fourth-order valence-corrected chi connectivity index (χ4v) is 5.00. The molecule has 0 amide bonds. The number of hydrogen-bond donors (Lipinski definition) is 1. The van der Waals surface area contributed by atoms with Crippen molar-refractivity contribution in [2.75, 3.05) is 38.7 Å². The zero-order valence-electron chi connectivity index (χ0n) is 13.9. The minimum absolute atomic E-state index is 0.786. The Hall–Kier alpha value is -1.24. The molecule has 4 rings (SSSR count). The van der Waals surface area contributed by atoms with Gasteiger partial charge in [-0.1, -0.05) is 6.92 Å². The second kappa shape index (κ2) is 6.34. The molecule has 0 unspecified atom stereocenters. The molecule has 1 N–H and O–H groups in total. The minimum atomic E-state index is 0.786. The van der Waals surface area contributed by atoms with Gasteiger partial charge in [-0.3, -0.25) is 4.90 Å². The van der Waals surface area contributed by atoms with Crippen molar-refractivity contribution >= 4 is 27.4 Å². The van der Waals surface area contributed by atoms with E-state index in [1.165, 1.54) is 28.7 Å². The predicted molar refractivity (Wildman–Crippen MR) is 94.2 cm³/mol. The summed E-state index contributed by atoms with van der Waals surface area (Å²) in [5.74, 6) is 2.72. The number of nitrogens with zero attached hydrogens (tertiary/aromatic N) is 3. The van der Waals surface area contributed by atoms with Crippen LogP contribution in [0.15, 0.2) is 0 Å². The van der Waals surface area contributed by atoms with Gasteiger partial charge in [0.2, 0.25) is 0 Å². The van der Waals surface area contributed by atoms with Crippen LogP contribution >= 0.6 is 11.3 Å². The second-order valence-electron chi connectivity index (χ2n) is 6.66. The van der Waals surface area contributed by atoms with Gasteiger partial charge < -0.3 is 10.1 Å². The van der Waals surface area contributed by atoms with E-state index in [1.807, 2.05) is 18.4 Å². The average Bonchev–Trinajstić information content (AvgIpc) is 2.92. The van der Waals surface area contributed by atoms with Gasteiger partial charge in [0.05, 0.1) is 25.1 Å². The largest absolute Gasteiger partial charge is 0.379 e. The van der Waals surface area contributed by atoms with Gasteiger partial charge in [-0.15, -0.1) is 11.3 Å². The topological polar surface area (TPSA) is 50.3 Å². The average molecular weight is 332 g/mol. The van der Waals surface area contributed by atoms with Crippen LogP contribution in [0.3, 0.4) is 0 Å². The molecule has 1 fully saturated rings. The van der Waals surface area contributed by atoms with E-state index in [4.69, 9.17) is 14.7 Å². The molecule has 1 saturated heterocycles. The zero-order valence-corrected chi connectivity index (χ0v) is 14.7. The van der Waals surface area contributed by atoms with Gasteiger partial charge in [0.1, 0.15) is 16.5 Å². The summed E-state index contributed by atoms with van der Waals surface area (Å²) in [6.07, 6.45) is 3.63. The van der Waals surface area contributed by atoms with Crippen LogP contribution in [0.4, 0.5) is 5.82 Å². The number of fused-ring (bicyclic) bond motifs is 3. The first-order valence-electron chi connectivity index (χ1n) is 8.53. The molecule has 0 radical (unpaired) electrons. The van der Waals surface area contributed by atoms with E-state index in [-0.39, 0.29) is 0 Å². The molecule has 2 aromatic rings. The molecule has 124 valence electrons. The summed E-state index contributed by atoms with van der Waals surface area (Å²) >= 11 is 1.87. The quantitative estimate of drug-likeness (QED) is 0.936. The number of morpholine rings is 1. The Morgan fingerprint density at radius 3 is 2.91 bits per heavy atom. The lowest BCUT2D eigenvalue weighted by Gasteiger charge is -2.25. The lowest BCUT2D eigenvalue weighted by molar-refractivity contribution is 0.0331. The summed E-state index contributed by atoms with van der Waals surface area (Å²) in [7, 11) is 1.97. The van der Waals surface area contributed by atoms with Crippen LogP contribution in [-0.4, -0.2) is 48.2 Å². The van der Waals surface area contributed by atoms with Crippen molar-refractivity contribution in [3.63, 3.8) is 0 Å². The van der Waals surface area contributed by atoms with Gasteiger partial charge in [-0.25, -0.2) is 9.97 Å². The highest BCUT2D eigenvalue weighted by atomic mass is 32.1. The van der Waals surface area contributed by atoms with E-state index in [1.54, 1.807) is 0 Å². The maximum atomic E-state index is 5.42. The number of hydrogen-bond acceptors (Lipinski definition) is 6. The van der Waals surface area contributed by atoms with Crippen molar-refractivity contribution < 1.29 is 4.74 Å². The van der Waals surface area contributed by atoms with Crippen LogP contribution in [0, 0.1) is 5.92 Å². The van der Waals surface area contributed by atoms with Gasteiger partial charge >= 0.3 is 0 Å². The lowest BCUT2D eigenvalue weighted by atomic mass is 9.89. The number of thiophene rings is 1. The monoisotopic (exact) mass is 332 g/mol. The summed E-state index contributed by atoms with van der Waals surface area (Å²) in [6.45, 7) is 6.72. The number of anilines is 1. The van der Waals surface area contributed by atoms with Crippen molar-refractivity contribution in [2.45, 2.75) is 32.7 Å². The highest BCUT2D eigenvalue weighted by Crippen LogP contribution is 2.39. The summed E-state index contributed by atoms with van der Waals surface area (Å²) in [6, 6.07) is 0. The van der Waals surface area contributed by atoms with Crippen LogP contribution < -0.4 is 5.32 Å². The Morgan fingerprint density at radius 2 is 2.13 bits per heavy atom. The third-order valence-electron chi connectivity index (χ3n) is 4.91. The molecular weight excluding hydrogens is 308 g/mol. The molecule has 2 aliphatic rings. The fraction of sp³-hybridized carbons (Fsp3) is 0.647. The third-order valence-corrected chi connectivity index (χ3v) is 6.06. The van der Waals surface area contributed by atoms with E-state index in [9.17, 15) is 0 Å². The maximum Gasteiger partial charge on any atom is 0.146 e. The molecule has 0 spiro atoms. The molecule has 23 heavy (non-hydrogen) atoms. The van der Waals surface area contributed by atoms with Gasteiger partial charge in [-0.2, -0.15) is 0 Å². The van der Waals surface area contributed by atoms with Gasteiger partial charge in [-0.05, 0) is 30.7 Å². The first-order valence-corrected chi connectivity index (χ1v) is 9.35. The van der Waals surface area contributed by atoms with Crippen LogP contribution in [0.2, 0.25) is 0 Å². The summed E-state index contributed by atoms with van der Waals surface area (Å²) in [5, 5.41) is 4.58. The van der Waals surface area contributed by atoms with Crippen molar-refractivity contribution in [3.8, 4) is 0 Å². The van der Waals surface area contributed by atoms with Gasteiger partial charge in [0, 0.05) is 25.0 Å². The molecule has 5 nitrogen and oxygen atoms in total. The second-order valence-corrected chi connectivity index (χ2v) is 7.74. The molecule has 2 aromatic heterocycles. The van der Waals surface area contributed by atoms with Gasteiger partial charge in [0.25, 0.3) is 0 Å². The molecule has 3 heterocycles. The Kier molecular flexibility index (Phi) is 4.22. The van der Waals surface area contributed by atoms with E-state index in [0.29, 0.717) is 0 Å². The molecule has 1 aliphatic carbocycles. The third kappa shape index (κ3) is 2.95. The van der Waals surface area contributed by atoms with E-state index in [2.05, 4.69) is 17.1 Å². The first kappa shape index (κ1) is 15.3. The maximum absolute atomic E-state index is 5.42. The molecule has 0 bridgehead atoms.